The summed E-state index contributed by atoms with van der Waals surface area (Å²) in [4.78, 5) is 13.0. The van der Waals surface area contributed by atoms with Gasteiger partial charge in [0.15, 0.2) is 0 Å². The summed E-state index contributed by atoms with van der Waals surface area (Å²) in [7, 11) is 2.10. The molecule has 4 heteroatoms. The maximum atomic E-state index is 10.8. The summed E-state index contributed by atoms with van der Waals surface area (Å²) in [5, 5.41) is 4.13. The predicted octanol–water partition coefficient (Wildman–Crippen LogP) is 11.5. The first-order valence-electron chi connectivity index (χ1n) is 15.9. The molecule has 1 atom stereocenters. The normalized spacial score (nSPS) is 15.0. The monoisotopic (exact) mass is 590 g/mol. The van der Waals surface area contributed by atoms with E-state index < -0.39 is 0 Å². The van der Waals surface area contributed by atoms with Crippen LogP contribution in [0.25, 0.3) is 5.57 Å². The van der Waals surface area contributed by atoms with Gasteiger partial charge in [0.25, 0.3) is 0 Å². The number of aldehydes is 1. The number of carbonyl (C=O) groups is 1. The first kappa shape index (κ1) is 41.7. The van der Waals surface area contributed by atoms with Gasteiger partial charge in [0.1, 0.15) is 12.0 Å². The Bertz CT molecular complexity index is 1140. The fourth-order valence-corrected chi connectivity index (χ4v) is 4.12. The fourth-order valence-electron chi connectivity index (χ4n) is 4.12. The molecule has 43 heavy (non-hydrogen) atoms. The van der Waals surface area contributed by atoms with E-state index in [0.717, 1.165) is 40.9 Å². The SMILES string of the molecule is C=C/C=C\C=C(/C)C(C)C.CC.CC.CC(C)=C/C(=C\N(C)/C(=C\C(C)C)C1C=CC(CC=O)=CC1)c1c(C)noc1C. The van der Waals surface area contributed by atoms with Crippen molar-refractivity contribution in [2.75, 3.05) is 7.05 Å². The Hall–Kier alpha value is -3.40. The van der Waals surface area contributed by atoms with E-state index in [4.69, 9.17) is 4.52 Å². The third-order valence-electron chi connectivity index (χ3n) is 6.40. The van der Waals surface area contributed by atoms with Gasteiger partial charge < -0.3 is 14.2 Å². The van der Waals surface area contributed by atoms with E-state index in [1.165, 1.54) is 16.8 Å². The largest absolute Gasteiger partial charge is 0.361 e. The van der Waals surface area contributed by atoms with E-state index in [1.807, 2.05) is 53.7 Å². The lowest BCUT2D eigenvalue weighted by atomic mass is 9.90. The number of hydrogen-bond acceptors (Lipinski definition) is 4. The Labute approximate surface area is 265 Å². The highest BCUT2D eigenvalue weighted by molar-refractivity contribution is 5.76. The molecule has 1 aliphatic rings. The van der Waals surface area contributed by atoms with Gasteiger partial charge in [-0.3, -0.25) is 0 Å². The lowest BCUT2D eigenvalue weighted by Gasteiger charge is -2.28. The molecule has 240 valence electrons. The summed E-state index contributed by atoms with van der Waals surface area (Å²) < 4.78 is 5.41. The van der Waals surface area contributed by atoms with Crippen LogP contribution < -0.4 is 0 Å². The van der Waals surface area contributed by atoms with Gasteiger partial charge in [-0.25, -0.2) is 0 Å². The van der Waals surface area contributed by atoms with Gasteiger partial charge in [0.2, 0.25) is 0 Å². The maximum Gasteiger partial charge on any atom is 0.141 e. The van der Waals surface area contributed by atoms with Crippen molar-refractivity contribution in [2.24, 2.45) is 17.8 Å². The van der Waals surface area contributed by atoms with Gasteiger partial charge >= 0.3 is 0 Å². The van der Waals surface area contributed by atoms with Crippen LogP contribution in [-0.4, -0.2) is 23.4 Å². The zero-order valence-electron chi connectivity index (χ0n) is 29.9. The number of nitrogens with zero attached hydrogens (tertiary/aromatic N) is 2. The molecule has 1 aromatic heterocycles. The van der Waals surface area contributed by atoms with Crippen molar-refractivity contribution in [3.63, 3.8) is 0 Å². The summed E-state index contributed by atoms with van der Waals surface area (Å²) in [6.45, 7) is 30.6. The second-order valence-electron chi connectivity index (χ2n) is 11.0. The molecule has 0 amide bonds. The lowest BCUT2D eigenvalue weighted by molar-refractivity contribution is -0.107. The molecule has 0 aliphatic heterocycles. The van der Waals surface area contributed by atoms with Gasteiger partial charge in [-0.1, -0.05) is 133 Å². The molecule has 1 aliphatic carbocycles. The standard InChI is InChI=1S/C25H34N2O2.C10H16.2C2H6/c1-17(2)14-23(25-19(5)26-29-20(25)6)16-27(7)24(15-18(3)4)22-10-8-21(9-11-22)12-13-28;1-5-6-7-8-10(4)9(2)3;2*1-2/h8-10,13-16,18,22H,11-12H2,1-7H3;5-9H,1H2,2-4H3;2*1-2H3/b23-16+,24-15-;7-6-,10-8+;;. The Balaban J connectivity index is 0. The van der Waals surface area contributed by atoms with Crippen LogP contribution in [0.2, 0.25) is 0 Å². The highest BCUT2D eigenvalue weighted by Gasteiger charge is 2.19. The average Bonchev–Trinajstić information content (AvgIpc) is 3.31. The molecule has 0 aromatic carbocycles. The van der Waals surface area contributed by atoms with Gasteiger partial charge in [-0.05, 0) is 58.4 Å². The summed E-state index contributed by atoms with van der Waals surface area (Å²) in [5.41, 5.74) is 8.01. The summed E-state index contributed by atoms with van der Waals surface area (Å²) in [5.74, 6) is 2.19. The smallest absolute Gasteiger partial charge is 0.141 e. The molecular weight excluding hydrogens is 528 g/mol. The molecule has 1 aromatic rings. The number of allylic oxidation sites excluding steroid dienone is 13. The zero-order chi connectivity index (χ0) is 33.5. The van der Waals surface area contributed by atoms with Crippen molar-refractivity contribution in [2.45, 2.75) is 103 Å². The van der Waals surface area contributed by atoms with Crippen molar-refractivity contribution in [3.05, 3.63) is 107 Å². The first-order valence-corrected chi connectivity index (χ1v) is 15.9. The molecule has 0 saturated carbocycles. The van der Waals surface area contributed by atoms with Crippen LogP contribution in [-0.2, 0) is 4.79 Å². The van der Waals surface area contributed by atoms with E-state index in [-0.39, 0.29) is 5.92 Å². The van der Waals surface area contributed by atoms with Crippen LogP contribution in [0.5, 0.6) is 0 Å². The Kier molecular flexibility index (Phi) is 23.4. The fraction of sp³-hybridized carbons (Fsp3) is 0.487. The van der Waals surface area contributed by atoms with Crippen LogP contribution in [0.1, 0.15) is 106 Å². The van der Waals surface area contributed by atoms with Gasteiger partial charge in [-0.15, -0.1) is 0 Å². The second kappa shape index (κ2) is 24.1. The van der Waals surface area contributed by atoms with Crippen LogP contribution >= 0.6 is 0 Å². The van der Waals surface area contributed by atoms with Gasteiger partial charge in [0.05, 0.1) is 5.69 Å². The number of aromatic nitrogens is 1. The van der Waals surface area contributed by atoms with Crippen LogP contribution in [0.4, 0.5) is 0 Å². The first-order chi connectivity index (χ1) is 20.4. The second-order valence-corrected chi connectivity index (χ2v) is 11.0. The predicted molar refractivity (Wildman–Crippen MR) is 191 cm³/mol. The van der Waals surface area contributed by atoms with Crippen molar-refractivity contribution in [1.29, 1.82) is 0 Å². The summed E-state index contributed by atoms with van der Waals surface area (Å²) in [6.07, 6.45) is 23.3. The molecule has 0 saturated heterocycles. The highest BCUT2D eigenvalue weighted by atomic mass is 16.5. The number of hydrogen-bond donors (Lipinski definition) is 0. The number of carbonyl (C=O) groups excluding carboxylic acids is 1. The molecule has 4 nitrogen and oxygen atoms in total. The third-order valence-corrected chi connectivity index (χ3v) is 6.40. The Morgan fingerprint density at radius 1 is 1.09 bits per heavy atom. The topological polar surface area (TPSA) is 46.3 Å². The van der Waals surface area contributed by atoms with E-state index in [1.54, 1.807) is 6.08 Å². The molecule has 1 heterocycles. The number of aryl methyl sites for hydroxylation is 2. The molecule has 0 N–H and O–H groups in total. The molecule has 0 bridgehead atoms. The number of rotatable bonds is 11. The van der Waals surface area contributed by atoms with E-state index >= 15 is 0 Å². The molecular formula is C39H62N2O2. The lowest BCUT2D eigenvalue weighted by Crippen LogP contribution is -2.20. The van der Waals surface area contributed by atoms with Crippen LogP contribution in [0.3, 0.4) is 0 Å². The maximum absolute atomic E-state index is 10.8. The molecule has 2 rings (SSSR count). The zero-order valence-corrected chi connectivity index (χ0v) is 29.9. The van der Waals surface area contributed by atoms with Gasteiger partial charge in [0, 0.05) is 42.4 Å². The van der Waals surface area contributed by atoms with E-state index in [9.17, 15) is 4.79 Å². The minimum absolute atomic E-state index is 0.284. The average molecular weight is 591 g/mol. The minimum atomic E-state index is 0.284. The molecule has 1 unspecified atom stereocenters. The van der Waals surface area contributed by atoms with Crippen molar-refractivity contribution in [3.8, 4) is 0 Å². The summed E-state index contributed by atoms with van der Waals surface area (Å²) in [6, 6.07) is 0. The molecule has 0 fully saturated rings. The van der Waals surface area contributed by atoms with Crippen molar-refractivity contribution >= 4 is 11.9 Å². The van der Waals surface area contributed by atoms with Crippen molar-refractivity contribution < 1.29 is 9.32 Å². The highest BCUT2D eigenvalue weighted by Crippen LogP contribution is 2.31. The Morgan fingerprint density at radius 2 is 1.72 bits per heavy atom. The quantitative estimate of drug-likeness (QED) is 0.190. The minimum Gasteiger partial charge on any atom is -0.361 e. The van der Waals surface area contributed by atoms with Crippen molar-refractivity contribution in [1.82, 2.24) is 10.1 Å². The Morgan fingerprint density at radius 3 is 2.14 bits per heavy atom. The summed E-state index contributed by atoms with van der Waals surface area (Å²) >= 11 is 0. The molecule has 0 spiro atoms. The third kappa shape index (κ3) is 16.7. The van der Waals surface area contributed by atoms with E-state index in [2.05, 4.69) is 115 Å². The molecule has 0 radical (unpaired) electrons. The van der Waals surface area contributed by atoms with Crippen LogP contribution in [0, 0.1) is 31.6 Å². The van der Waals surface area contributed by atoms with E-state index in [0.29, 0.717) is 18.3 Å². The van der Waals surface area contributed by atoms with Crippen LogP contribution in [0.15, 0.2) is 94.4 Å². The van der Waals surface area contributed by atoms with Gasteiger partial charge in [-0.2, -0.15) is 0 Å².